The normalized spacial score (nSPS) is 11.7. The number of nitrogens with zero attached hydrogens (tertiary/aromatic N) is 1. The molecule has 0 fully saturated rings. The molecule has 0 aliphatic carbocycles. The van der Waals surface area contributed by atoms with E-state index >= 15 is 0 Å². The molecular weight excluding hydrogens is 352 g/mol. The minimum absolute atomic E-state index is 0.278. The van der Waals surface area contributed by atoms with Crippen molar-refractivity contribution in [2.24, 2.45) is 0 Å². The van der Waals surface area contributed by atoms with E-state index < -0.39 is 11.7 Å². The van der Waals surface area contributed by atoms with E-state index in [4.69, 9.17) is 5.73 Å². The maximum atomic E-state index is 13.7. The van der Waals surface area contributed by atoms with Crippen molar-refractivity contribution in [2.45, 2.75) is 19.0 Å². The van der Waals surface area contributed by atoms with Crippen LogP contribution in [0, 0.1) is 5.82 Å². The third-order valence-electron chi connectivity index (χ3n) is 3.78. The predicted molar refractivity (Wildman–Crippen MR) is 90.8 cm³/mol. The number of hydrogen-bond donors (Lipinski definition) is 1. The second-order valence-corrected chi connectivity index (χ2v) is 6.53. The fourth-order valence-corrected chi connectivity index (χ4v) is 3.31. The second kappa shape index (κ2) is 6.84. The maximum absolute atomic E-state index is 13.7. The third kappa shape index (κ3) is 3.99. The van der Waals surface area contributed by atoms with Crippen molar-refractivity contribution in [1.82, 2.24) is 4.98 Å². The summed E-state index contributed by atoms with van der Waals surface area (Å²) in [4.78, 5) is 4.41. The molecule has 1 aromatic heterocycles. The molecule has 0 saturated heterocycles. The first-order valence-electron chi connectivity index (χ1n) is 7.51. The highest BCUT2D eigenvalue weighted by Crippen LogP contribution is 2.34. The lowest BCUT2D eigenvalue weighted by Crippen LogP contribution is -2.03. The van der Waals surface area contributed by atoms with Crippen LogP contribution in [0.1, 0.15) is 16.8 Å². The summed E-state index contributed by atoms with van der Waals surface area (Å²) in [5, 5.41) is 1.04. The van der Waals surface area contributed by atoms with Crippen LogP contribution in [-0.2, 0) is 19.0 Å². The van der Waals surface area contributed by atoms with Gasteiger partial charge in [-0.05, 0) is 36.6 Å². The molecule has 0 spiro atoms. The number of nitrogens with two attached hydrogens (primary N) is 1. The SMILES string of the molecule is Nc1sc(-c2ccc(C(F)(F)F)cc2)nc1CCc1ccccc1F. The first-order chi connectivity index (χ1) is 11.8. The van der Waals surface area contributed by atoms with Gasteiger partial charge in [-0.1, -0.05) is 41.7 Å². The van der Waals surface area contributed by atoms with Crippen LogP contribution in [0.25, 0.3) is 10.6 Å². The Bertz CT molecular complexity index is 870. The highest BCUT2D eigenvalue weighted by molar-refractivity contribution is 7.18. The largest absolute Gasteiger partial charge is 0.416 e. The molecule has 2 nitrogen and oxygen atoms in total. The highest BCUT2D eigenvalue weighted by atomic mass is 32.1. The number of halogens is 4. The standard InChI is InChI=1S/C18H14F4N2S/c19-14-4-2-1-3-11(14)7-10-15-16(23)25-17(24-15)12-5-8-13(9-6-12)18(20,21)22/h1-6,8-9H,7,10,23H2. The van der Waals surface area contributed by atoms with E-state index in [0.717, 1.165) is 12.1 Å². The zero-order chi connectivity index (χ0) is 18.0. The van der Waals surface area contributed by atoms with Crippen molar-refractivity contribution in [3.05, 3.63) is 71.2 Å². The van der Waals surface area contributed by atoms with Gasteiger partial charge in [-0.2, -0.15) is 13.2 Å². The summed E-state index contributed by atoms with van der Waals surface area (Å²) < 4.78 is 51.5. The lowest BCUT2D eigenvalue weighted by atomic mass is 10.1. The summed E-state index contributed by atoms with van der Waals surface area (Å²) in [5.41, 5.74) is 7.03. The number of anilines is 1. The average Bonchev–Trinajstić information content (AvgIpc) is 2.94. The Labute approximate surface area is 146 Å². The quantitative estimate of drug-likeness (QED) is 0.634. The van der Waals surface area contributed by atoms with Crippen molar-refractivity contribution in [3.63, 3.8) is 0 Å². The molecule has 3 rings (SSSR count). The molecule has 0 saturated carbocycles. The van der Waals surface area contributed by atoms with Crippen LogP contribution in [0.5, 0.6) is 0 Å². The summed E-state index contributed by atoms with van der Waals surface area (Å²) in [6.07, 6.45) is -3.46. The molecule has 0 radical (unpaired) electrons. The molecule has 0 bridgehead atoms. The van der Waals surface area contributed by atoms with Gasteiger partial charge in [0.25, 0.3) is 0 Å². The van der Waals surface area contributed by atoms with E-state index in [1.165, 1.54) is 29.5 Å². The number of alkyl halides is 3. The van der Waals surface area contributed by atoms with Gasteiger partial charge in [-0.15, -0.1) is 0 Å². The van der Waals surface area contributed by atoms with Gasteiger partial charge >= 0.3 is 6.18 Å². The number of aromatic nitrogens is 1. The number of aryl methyl sites for hydroxylation is 2. The molecular formula is C18H14F4N2S. The fourth-order valence-electron chi connectivity index (χ4n) is 2.42. The topological polar surface area (TPSA) is 38.9 Å². The van der Waals surface area contributed by atoms with Crippen LogP contribution in [0.3, 0.4) is 0 Å². The molecule has 7 heteroatoms. The van der Waals surface area contributed by atoms with Gasteiger partial charge < -0.3 is 5.73 Å². The van der Waals surface area contributed by atoms with Crippen molar-refractivity contribution in [1.29, 1.82) is 0 Å². The van der Waals surface area contributed by atoms with Crippen molar-refractivity contribution in [3.8, 4) is 10.6 Å². The molecule has 0 aliphatic rings. The lowest BCUT2D eigenvalue weighted by molar-refractivity contribution is -0.137. The Morgan fingerprint density at radius 1 is 0.960 bits per heavy atom. The van der Waals surface area contributed by atoms with Crippen LogP contribution in [0.4, 0.5) is 22.6 Å². The molecule has 130 valence electrons. The average molecular weight is 366 g/mol. The Kier molecular flexibility index (Phi) is 4.76. The molecule has 0 unspecified atom stereocenters. The van der Waals surface area contributed by atoms with Crippen LogP contribution in [0.2, 0.25) is 0 Å². The molecule has 0 aliphatic heterocycles. The zero-order valence-corrected chi connectivity index (χ0v) is 13.8. The Morgan fingerprint density at radius 2 is 1.64 bits per heavy atom. The molecule has 1 heterocycles. The van der Waals surface area contributed by atoms with Crippen LogP contribution in [-0.4, -0.2) is 4.98 Å². The predicted octanol–water partition coefficient (Wildman–Crippen LogP) is 5.34. The van der Waals surface area contributed by atoms with Gasteiger partial charge in [0.15, 0.2) is 0 Å². The molecule has 0 atom stereocenters. The highest BCUT2D eigenvalue weighted by Gasteiger charge is 2.30. The monoisotopic (exact) mass is 366 g/mol. The van der Waals surface area contributed by atoms with E-state index in [2.05, 4.69) is 4.98 Å². The van der Waals surface area contributed by atoms with E-state index in [9.17, 15) is 17.6 Å². The van der Waals surface area contributed by atoms with Gasteiger partial charge in [-0.3, -0.25) is 0 Å². The lowest BCUT2D eigenvalue weighted by Gasteiger charge is -2.06. The van der Waals surface area contributed by atoms with Gasteiger partial charge in [0.1, 0.15) is 15.8 Å². The third-order valence-corrected chi connectivity index (χ3v) is 4.75. The summed E-state index contributed by atoms with van der Waals surface area (Å²) in [6.45, 7) is 0. The molecule has 0 amide bonds. The Morgan fingerprint density at radius 3 is 2.28 bits per heavy atom. The van der Waals surface area contributed by atoms with Crippen LogP contribution in [0.15, 0.2) is 48.5 Å². The molecule has 2 N–H and O–H groups in total. The Hall–Kier alpha value is -2.41. The smallest absolute Gasteiger partial charge is 0.389 e. The summed E-state index contributed by atoms with van der Waals surface area (Å²) >= 11 is 1.21. The molecule has 25 heavy (non-hydrogen) atoms. The second-order valence-electron chi connectivity index (χ2n) is 5.50. The maximum Gasteiger partial charge on any atom is 0.416 e. The van der Waals surface area contributed by atoms with E-state index in [1.54, 1.807) is 18.2 Å². The minimum atomic E-state index is -4.37. The van der Waals surface area contributed by atoms with E-state index in [1.807, 2.05) is 0 Å². The van der Waals surface area contributed by atoms with Crippen molar-refractivity contribution < 1.29 is 17.6 Å². The number of rotatable bonds is 4. The summed E-state index contributed by atoms with van der Waals surface area (Å²) in [6, 6.07) is 11.3. The number of thiazole rings is 1. The number of benzene rings is 2. The summed E-state index contributed by atoms with van der Waals surface area (Å²) in [5.74, 6) is -0.278. The Balaban J connectivity index is 1.77. The van der Waals surface area contributed by atoms with Gasteiger partial charge in [0.2, 0.25) is 0 Å². The first-order valence-corrected chi connectivity index (χ1v) is 8.32. The van der Waals surface area contributed by atoms with E-state index in [-0.39, 0.29) is 5.82 Å². The van der Waals surface area contributed by atoms with Crippen molar-refractivity contribution in [2.75, 3.05) is 5.73 Å². The zero-order valence-electron chi connectivity index (χ0n) is 13.0. The van der Waals surface area contributed by atoms with Gasteiger partial charge in [0, 0.05) is 5.56 Å². The van der Waals surface area contributed by atoms with Gasteiger partial charge in [-0.25, -0.2) is 9.37 Å². The minimum Gasteiger partial charge on any atom is -0.389 e. The van der Waals surface area contributed by atoms with E-state index in [0.29, 0.717) is 39.7 Å². The van der Waals surface area contributed by atoms with Crippen LogP contribution < -0.4 is 5.73 Å². The summed E-state index contributed by atoms with van der Waals surface area (Å²) in [7, 11) is 0. The van der Waals surface area contributed by atoms with Crippen LogP contribution >= 0.6 is 11.3 Å². The number of hydrogen-bond acceptors (Lipinski definition) is 3. The number of nitrogen functional groups attached to an aromatic ring is 1. The first kappa shape index (κ1) is 17.4. The van der Waals surface area contributed by atoms with Crippen molar-refractivity contribution >= 4 is 16.3 Å². The fraction of sp³-hybridized carbons (Fsp3) is 0.167. The molecule has 2 aromatic carbocycles. The van der Waals surface area contributed by atoms with Gasteiger partial charge in [0.05, 0.1) is 11.3 Å². The molecule has 3 aromatic rings.